The number of hydrogen-bond acceptors (Lipinski definition) is 0. The second kappa shape index (κ2) is 13.6. The van der Waals surface area contributed by atoms with Gasteiger partial charge in [-0.15, -0.1) is 0 Å². The molecule has 0 bridgehead atoms. The number of fused-ring (bicyclic) bond motifs is 3. The maximum absolute atomic E-state index is 2.74. The molecule has 2 aliphatic carbocycles. The van der Waals surface area contributed by atoms with Gasteiger partial charge in [-0.1, -0.05) is 0 Å². The first-order valence-electron chi connectivity index (χ1n) is 14.8. The molecule has 0 aromatic heterocycles. The van der Waals surface area contributed by atoms with Crippen LogP contribution in [0.2, 0.25) is 0 Å². The monoisotopic (exact) mass is 668 g/mol. The molecule has 214 valence electrons. The molecule has 0 amide bonds. The fourth-order valence-corrected chi connectivity index (χ4v) is 16.7. The average Bonchev–Trinajstić information content (AvgIpc) is 3.52. The standard InChI is InChI=1S/C15H13.C13H10.C11H17.2ClH.Zr/c1-10-3-5-14-12(7-10)9-13-8-11(2)4-6-15(13)14;1-3-7-12(8-4-1)11-13-9-5-2-6-10-13;1-8(2)10-5-6-11(7-10)9(3)4;;;/h3-9H,1-2H3;1-10H;7-9H,5H2,1-4H3;2*1H;/q;;;;;+2/p-2. The van der Waals surface area contributed by atoms with Gasteiger partial charge >= 0.3 is 250 Å². The van der Waals surface area contributed by atoms with Crippen LogP contribution in [0.3, 0.4) is 0 Å². The van der Waals surface area contributed by atoms with E-state index in [9.17, 15) is 0 Å². The van der Waals surface area contributed by atoms with Crippen LogP contribution in [0.1, 0.15) is 71.1 Å². The molecule has 4 aromatic carbocycles. The Morgan fingerprint density at radius 2 is 1.12 bits per heavy atom. The van der Waals surface area contributed by atoms with Crippen LogP contribution in [0.4, 0.5) is 0 Å². The zero-order valence-corrected chi connectivity index (χ0v) is 29.5. The largest absolute Gasteiger partial charge is 1.00 e. The van der Waals surface area contributed by atoms with Crippen molar-refractivity contribution in [3.63, 3.8) is 0 Å². The Morgan fingerprint density at radius 1 is 0.643 bits per heavy atom. The summed E-state index contributed by atoms with van der Waals surface area (Å²) in [7, 11) is 0. The normalized spacial score (nSPS) is 13.6. The number of allylic oxidation sites excluding steroid dienone is 4. The SMILES string of the molecule is Cc1ccc2c(c1)[CH]([Zr+2]([C]1=C(C(C)C)C=C(C(C)C)C1)=[C](c1ccccc1)c1ccccc1)c1cc(C)ccc1-2.[Cl-].[Cl-]. The molecule has 0 aliphatic heterocycles. The number of halogens is 2. The maximum Gasteiger partial charge on any atom is -1.00 e. The van der Waals surface area contributed by atoms with Crippen LogP contribution in [-0.4, -0.2) is 3.21 Å². The zero-order chi connectivity index (χ0) is 28.0. The van der Waals surface area contributed by atoms with Crippen LogP contribution < -0.4 is 24.8 Å². The van der Waals surface area contributed by atoms with Gasteiger partial charge in [-0.2, -0.15) is 0 Å². The van der Waals surface area contributed by atoms with E-state index < -0.39 is 21.3 Å². The molecule has 0 heterocycles. The van der Waals surface area contributed by atoms with Gasteiger partial charge in [0.25, 0.3) is 0 Å². The Hall–Kier alpha value is -2.31. The molecule has 0 atom stereocenters. The van der Waals surface area contributed by atoms with E-state index in [2.05, 4.69) is 145 Å². The third kappa shape index (κ3) is 6.04. The number of benzene rings is 4. The fourth-order valence-electron chi connectivity index (χ4n) is 6.75. The van der Waals surface area contributed by atoms with Gasteiger partial charge in [-0.3, -0.25) is 0 Å². The number of rotatable bonds is 6. The smallest absolute Gasteiger partial charge is 1.00 e. The summed E-state index contributed by atoms with van der Waals surface area (Å²) in [5.74, 6) is 1.09. The molecular formula is C39H40Cl2Zr. The predicted molar refractivity (Wildman–Crippen MR) is 169 cm³/mol. The van der Waals surface area contributed by atoms with Gasteiger partial charge < -0.3 is 24.8 Å². The van der Waals surface area contributed by atoms with Crippen molar-refractivity contribution in [3.05, 3.63) is 151 Å². The third-order valence-corrected chi connectivity index (χ3v) is 17.2. The Bertz CT molecular complexity index is 1580. The molecule has 0 spiro atoms. The molecule has 0 nitrogen and oxygen atoms in total. The Kier molecular flexibility index (Phi) is 10.5. The fraction of sp³-hybridized carbons (Fsp3) is 0.256. The van der Waals surface area contributed by atoms with E-state index in [0.29, 0.717) is 15.5 Å². The van der Waals surface area contributed by atoms with E-state index in [1.807, 2.05) is 0 Å². The van der Waals surface area contributed by atoms with E-state index in [0.717, 1.165) is 6.42 Å². The van der Waals surface area contributed by atoms with Gasteiger partial charge in [0.1, 0.15) is 0 Å². The first-order chi connectivity index (χ1) is 19.3. The van der Waals surface area contributed by atoms with Crippen molar-refractivity contribution in [2.24, 2.45) is 11.8 Å². The molecule has 0 saturated heterocycles. The van der Waals surface area contributed by atoms with Crippen molar-refractivity contribution in [1.82, 2.24) is 0 Å². The summed E-state index contributed by atoms with van der Waals surface area (Å²) in [5.41, 5.74) is 14.8. The minimum atomic E-state index is -2.74. The van der Waals surface area contributed by atoms with Crippen LogP contribution in [0.15, 0.2) is 118 Å². The van der Waals surface area contributed by atoms with Gasteiger partial charge in [0.2, 0.25) is 0 Å². The van der Waals surface area contributed by atoms with Gasteiger partial charge in [0, 0.05) is 0 Å². The Labute approximate surface area is 273 Å². The first kappa shape index (κ1) is 32.6. The summed E-state index contributed by atoms with van der Waals surface area (Å²) in [5, 5.41) is 0. The summed E-state index contributed by atoms with van der Waals surface area (Å²) >= 11 is -2.74. The van der Waals surface area contributed by atoms with Crippen molar-refractivity contribution >= 4 is 3.21 Å². The van der Waals surface area contributed by atoms with Crippen molar-refractivity contribution in [1.29, 1.82) is 0 Å². The van der Waals surface area contributed by atoms with E-state index in [4.69, 9.17) is 0 Å². The topological polar surface area (TPSA) is 0 Å². The molecule has 2 aliphatic rings. The third-order valence-electron chi connectivity index (χ3n) is 8.77. The summed E-state index contributed by atoms with van der Waals surface area (Å²) in [6, 6.07) is 37.2. The molecule has 42 heavy (non-hydrogen) atoms. The van der Waals surface area contributed by atoms with E-state index in [-0.39, 0.29) is 24.8 Å². The van der Waals surface area contributed by atoms with E-state index >= 15 is 0 Å². The van der Waals surface area contributed by atoms with Gasteiger partial charge in [-0.05, 0) is 0 Å². The molecule has 0 unspecified atom stereocenters. The van der Waals surface area contributed by atoms with Crippen LogP contribution >= 0.6 is 0 Å². The van der Waals surface area contributed by atoms with Crippen molar-refractivity contribution < 1.29 is 46.1 Å². The minimum Gasteiger partial charge on any atom is -1.00 e. The molecule has 0 saturated carbocycles. The molecule has 4 aromatic rings. The molecular weight excluding hydrogens is 631 g/mol. The van der Waals surface area contributed by atoms with Crippen molar-refractivity contribution in [2.45, 2.75) is 51.6 Å². The second-order valence-corrected chi connectivity index (χ2v) is 18.4. The molecule has 0 radical (unpaired) electrons. The summed E-state index contributed by atoms with van der Waals surface area (Å²) in [4.78, 5) is 0. The summed E-state index contributed by atoms with van der Waals surface area (Å²) in [6.07, 6.45) is 3.74. The minimum absolute atomic E-state index is 0. The number of aryl methyl sites for hydroxylation is 2. The summed E-state index contributed by atoms with van der Waals surface area (Å²) in [6.45, 7) is 14.1. The predicted octanol–water partition coefficient (Wildman–Crippen LogP) is 4.16. The first-order valence-corrected chi connectivity index (χ1v) is 18.7. The van der Waals surface area contributed by atoms with Gasteiger partial charge in [0.05, 0.1) is 0 Å². The Morgan fingerprint density at radius 3 is 1.55 bits per heavy atom. The zero-order valence-electron chi connectivity index (χ0n) is 25.5. The van der Waals surface area contributed by atoms with Crippen LogP contribution in [-0.2, 0) is 21.3 Å². The Balaban J connectivity index is 0.00000202. The van der Waals surface area contributed by atoms with Crippen molar-refractivity contribution in [2.75, 3.05) is 0 Å². The average molecular weight is 671 g/mol. The van der Waals surface area contributed by atoms with Crippen LogP contribution in [0, 0.1) is 25.7 Å². The van der Waals surface area contributed by atoms with Gasteiger partial charge in [0.15, 0.2) is 0 Å². The van der Waals surface area contributed by atoms with Crippen LogP contribution in [0.25, 0.3) is 11.1 Å². The number of hydrogen-bond donors (Lipinski definition) is 0. The van der Waals surface area contributed by atoms with E-state index in [1.54, 1.807) is 28.8 Å². The van der Waals surface area contributed by atoms with Crippen LogP contribution in [0.5, 0.6) is 0 Å². The molecule has 3 heteroatoms. The molecule has 0 fully saturated rings. The van der Waals surface area contributed by atoms with Crippen molar-refractivity contribution in [3.8, 4) is 11.1 Å². The van der Waals surface area contributed by atoms with Gasteiger partial charge in [-0.25, -0.2) is 0 Å². The maximum atomic E-state index is 2.60. The molecule has 6 rings (SSSR count). The van der Waals surface area contributed by atoms with E-state index in [1.165, 1.54) is 33.4 Å². The molecule has 0 N–H and O–H groups in total. The summed E-state index contributed by atoms with van der Waals surface area (Å²) < 4.78 is 3.89. The quantitative estimate of drug-likeness (QED) is 0.289. The second-order valence-electron chi connectivity index (χ2n) is 12.3.